The number of nitriles is 1. The van der Waals surface area contributed by atoms with E-state index < -0.39 is 0 Å². The van der Waals surface area contributed by atoms with Gasteiger partial charge in [-0.3, -0.25) is 0 Å². The van der Waals surface area contributed by atoms with Gasteiger partial charge in [-0.25, -0.2) is 9.97 Å². The van der Waals surface area contributed by atoms with Gasteiger partial charge in [-0.05, 0) is 31.0 Å². The highest BCUT2D eigenvalue weighted by molar-refractivity contribution is 5.51. The van der Waals surface area contributed by atoms with E-state index in [1.54, 1.807) is 20.3 Å². The van der Waals surface area contributed by atoms with E-state index in [4.69, 9.17) is 14.7 Å². The van der Waals surface area contributed by atoms with Crippen LogP contribution in [0, 0.1) is 18.3 Å². The number of aryl methyl sites for hydroxylation is 1. The second kappa shape index (κ2) is 6.13. The van der Waals surface area contributed by atoms with Gasteiger partial charge in [-0.1, -0.05) is 0 Å². The van der Waals surface area contributed by atoms with Crippen LogP contribution < -0.4 is 14.4 Å². The van der Waals surface area contributed by atoms with E-state index in [0.717, 1.165) is 35.7 Å². The topological polar surface area (TPSA) is 71.3 Å². The molecule has 3 rings (SSSR count). The molecule has 0 saturated heterocycles. The van der Waals surface area contributed by atoms with E-state index in [1.165, 1.54) is 5.56 Å². The number of methoxy groups -OCH3 is 2. The SMILES string of the molecule is COc1cc2c(c(OC)c1)CN(c1nc(C)cc(C#N)n1)CC2. The molecule has 118 valence electrons. The average Bonchev–Trinajstić information content (AvgIpc) is 2.59. The third-order valence-electron chi connectivity index (χ3n) is 3.97. The maximum absolute atomic E-state index is 9.09. The van der Waals surface area contributed by atoms with Crippen molar-refractivity contribution in [3.63, 3.8) is 0 Å². The lowest BCUT2D eigenvalue weighted by Gasteiger charge is -2.30. The van der Waals surface area contributed by atoms with Crippen LogP contribution in [0.5, 0.6) is 11.5 Å². The van der Waals surface area contributed by atoms with Gasteiger partial charge in [0.05, 0.1) is 14.2 Å². The standard InChI is InChI=1S/C17H18N4O2/c1-11-6-13(9-18)20-17(19-11)21-5-4-12-7-14(22-2)8-16(23-3)15(12)10-21/h6-8H,4-5,10H2,1-3H3. The summed E-state index contributed by atoms with van der Waals surface area (Å²) in [5.74, 6) is 2.19. The highest BCUT2D eigenvalue weighted by Crippen LogP contribution is 2.33. The van der Waals surface area contributed by atoms with Gasteiger partial charge in [0.1, 0.15) is 23.3 Å². The molecule has 0 fully saturated rings. The summed E-state index contributed by atoms with van der Waals surface area (Å²) in [5.41, 5.74) is 3.51. The molecule has 1 aliphatic heterocycles. The lowest BCUT2D eigenvalue weighted by molar-refractivity contribution is 0.388. The Morgan fingerprint density at radius 1 is 1.17 bits per heavy atom. The average molecular weight is 310 g/mol. The molecule has 0 amide bonds. The van der Waals surface area contributed by atoms with Crippen molar-refractivity contribution in [2.45, 2.75) is 19.9 Å². The maximum Gasteiger partial charge on any atom is 0.227 e. The molecule has 0 atom stereocenters. The second-order valence-electron chi connectivity index (χ2n) is 5.45. The molecule has 0 aliphatic carbocycles. The number of rotatable bonds is 3. The van der Waals surface area contributed by atoms with Gasteiger partial charge < -0.3 is 14.4 Å². The number of fused-ring (bicyclic) bond motifs is 1. The van der Waals surface area contributed by atoms with Crippen molar-refractivity contribution in [3.05, 3.63) is 40.7 Å². The molecule has 1 aromatic carbocycles. The Balaban J connectivity index is 1.97. The molecule has 6 nitrogen and oxygen atoms in total. The number of hydrogen-bond acceptors (Lipinski definition) is 6. The summed E-state index contributed by atoms with van der Waals surface area (Å²) in [5, 5.41) is 9.09. The molecule has 1 aliphatic rings. The molecule has 2 aromatic rings. The largest absolute Gasteiger partial charge is 0.497 e. The predicted molar refractivity (Wildman–Crippen MR) is 85.8 cm³/mol. The van der Waals surface area contributed by atoms with Crippen molar-refractivity contribution in [2.75, 3.05) is 25.7 Å². The van der Waals surface area contributed by atoms with Crippen LogP contribution in [0.25, 0.3) is 0 Å². The Hall–Kier alpha value is -2.81. The number of benzene rings is 1. The van der Waals surface area contributed by atoms with Crippen LogP contribution in [0.3, 0.4) is 0 Å². The van der Waals surface area contributed by atoms with E-state index in [-0.39, 0.29) is 0 Å². The normalized spacial score (nSPS) is 13.2. The molecule has 23 heavy (non-hydrogen) atoms. The zero-order valence-corrected chi connectivity index (χ0v) is 13.5. The van der Waals surface area contributed by atoms with Crippen molar-refractivity contribution >= 4 is 5.95 Å². The zero-order valence-electron chi connectivity index (χ0n) is 13.5. The monoisotopic (exact) mass is 310 g/mol. The third kappa shape index (κ3) is 2.90. The van der Waals surface area contributed by atoms with Crippen LogP contribution in [0.1, 0.15) is 22.5 Å². The van der Waals surface area contributed by atoms with E-state index in [2.05, 4.69) is 20.9 Å². The fourth-order valence-corrected chi connectivity index (χ4v) is 2.83. The summed E-state index contributed by atoms with van der Waals surface area (Å²) < 4.78 is 10.8. The predicted octanol–water partition coefficient (Wildman–Crippen LogP) is 2.24. The highest BCUT2D eigenvalue weighted by Gasteiger charge is 2.23. The summed E-state index contributed by atoms with van der Waals surface area (Å²) in [6.45, 7) is 3.31. The van der Waals surface area contributed by atoms with Crippen LogP contribution >= 0.6 is 0 Å². The molecule has 0 bridgehead atoms. The molecule has 0 saturated carbocycles. The Morgan fingerprint density at radius 2 is 2.00 bits per heavy atom. The van der Waals surface area contributed by atoms with Gasteiger partial charge in [0.2, 0.25) is 5.95 Å². The first-order valence-corrected chi connectivity index (χ1v) is 7.39. The Kier molecular flexibility index (Phi) is 4.02. The molecule has 0 unspecified atom stereocenters. The van der Waals surface area contributed by atoms with Gasteiger partial charge in [0, 0.05) is 30.4 Å². The van der Waals surface area contributed by atoms with Gasteiger partial charge in [-0.2, -0.15) is 5.26 Å². The second-order valence-corrected chi connectivity index (χ2v) is 5.45. The first kappa shape index (κ1) is 15.1. The lowest BCUT2D eigenvalue weighted by Crippen LogP contribution is -2.32. The van der Waals surface area contributed by atoms with Crippen LogP contribution in [0.2, 0.25) is 0 Å². The van der Waals surface area contributed by atoms with Crippen LogP contribution in [-0.4, -0.2) is 30.7 Å². The molecule has 0 N–H and O–H groups in total. The van der Waals surface area contributed by atoms with Gasteiger partial charge in [0.15, 0.2) is 0 Å². The van der Waals surface area contributed by atoms with E-state index in [9.17, 15) is 0 Å². The summed E-state index contributed by atoms with van der Waals surface area (Å²) >= 11 is 0. The maximum atomic E-state index is 9.09. The molecule has 0 spiro atoms. The van der Waals surface area contributed by atoms with E-state index in [0.29, 0.717) is 18.2 Å². The van der Waals surface area contributed by atoms with Crippen LogP contribution in [0.4, 0.5) is 5.95 Å². The smallest absolute Gasteiger partial charge is 0.227 e. The Bertz CT molecular complexity index is 766. The van der Waals surface area contributed by atoms with E-state index >= 15 is 0 Å². The highest BCUT2D eigenvalue weighted by atomic mass is 16.5. The van der Waals surface area contributed by atoms with Crippen LogP contribution in [-0.2, 0) is 13.0 Å². The minimum atomic E-state index is 0.389. The molecule has 6 heteroatoms. The summed E-state index contributed by atoms with van der Waals surface area (Å²) in [4.78, 5) is 10.9. The molecule has 2 heterocycles. The fraction of sp³-hybridized carbons (Fsp3) is 0.353. The van der Waals surface area contributed by atoms with Gasteiger partial charge >= 0.3 is 0 Å². The summed E-state index contributed by atoms with van der Waals surface area (Å²) in [6.07, 6.45) is 0.849. The number of nitrogens with zero attached hydrogens (tertiary/aromatic N) is 4. The molecular formula is C17H18N4O2. The molecular weight excluding hydrogens is 292 g/mol. The lowest BCUT2D eigenvalue weighted by atomic mass is 9.98. The summed E-state index contributed by atoms with van der Waals surface area (Å²) in [6, 6.07) is 7.71. The first-order chi connectivity index (χ1) is 11.1. The van der Waals surface area contributed by atoms with Crippen molar-refractivity contribution in [3.8, 4) is 17.6 Å². The Morgan fingerprint density at radius 3 is 2.70 bits per heavy atom. The minimum Gasteiger partial charge on any atom is -0.497 e. The van der Waals surface area contributed by atoms with Gasteiger partial charge in [0.25, 0.3) is 0 Å². The number of aromatic nitrogens is 2. The van der Waals surface area contributed by atoms with Gasteiger partial charge in [-0.15, -0.1) is 0 Å². The minimum absolute atomic E-state index is 0.389. The van der Waals surface area contributed by atoms with Crippen molar-refractivity contribution in [1.29, 1.82) is 5.26 Å². The quantitative estimate of drug-likeness (QED) is 0.866. The van der Waals surface area contributed by atoms with Crippen molar-refractivity contribution in [2.24, 2.45) is 0 Å². The third-order valence-corrected chi connectivity index (χ3v) is 3.97. The fourth-order valence-electron chi connectivity index (χ4n) is 2.83. The number of anilines is 1. The van der Waals surface area contributed by atoms with Crippen LogP contribution in [0.15, 0.2) is 18.2 Å². The zero-order chi connectivity index (χ0) is 16.4. The molecule has 0 radical (unpaired) electrons. The van der Waals surface area contributed by atoms with E-state index in [1.807, 2.05) is 19.1 Å². The molecule has 1 aromatic heterocycles. The van der Waals surface area contributed by atoms with Crippen molar-refractivity contribution < 1.29 is 9.47 Å². The number of hydrogen-bond donors (Lipinski definition) is 0. The van der Waals surface area contributed by atoms with Crippen molar-refractivity contribution in [1.82, 2.24) is 9.97 Å². The number of ether oxygens (including phenoxy) is 2. The first-order valence-electron chi connectivity index (χ1n) is 7.39. The Labute approximate surface area is 135 Å². The summed E-state index contributed by atoms with van der Waals surface area (Å²) in [7, 11) is 3.31.